The number of unbranched alkanes of at least 4 members (excludes halogenated alkanes) is 1. The van der Waals surface area contributed by atoms with Crippen LogP contribution < -0.4 is 5.32 Å². The van der Waals surface area contributed by atoms with Crippen LogP contribution >= 0.6 is 21.6 Å². The van der Waals surface area contributed by atoms with Crippen molar-refractivity contribution in [2.75, 3.05) is 12.3 Å². The second kappa shape index (κ2) is 8.36. The molecular weight excluding hydrogens is 262 g/mol. The molecule has 18 heavy (non-hydrogen) atoms. The van der Waals surface area contributed by atoms with Crippen molar-refractivity contribution < 1.29 is 4.79 Å². The molecule has 0 spiro atoms. The van der Waals surface area contributed by atoms with E-state index in [-0.39, 0.29) is 5.91 Å². The third-order valence-corrected chi connectivity index (χ3v) is 6.74. The van der Waals surface area contributed by atoms with E-state index < -0.39 is 0 Å². The zero-order chi connectivity index (χ0) is 13.4. The van der Waals surface area contributed by atoms with Gasteiger partial charge in [-0.15, -0.1) is 0 Å². The Bertz CT molecular complexity index is 250. The highest BCUT2D eigenvalue weighted by molar-refractivity contribution is 8.77. The standard InChI is InChI=1S/C14H27NOS2/c1-12(2)7-10-15-13(16)6-4-5-8-14(3)9-11-17-18-14/h12H,4-11H2,1-3H3,(H,15,16)/t14-/m1/s1. The normalized spacial score (nSPS) is 23.6. The lowest BCUT2D eigenvalue weighted by atomic mass is 9.99. The van der Waals surface area contributed by atoms with Crippen LogP contribution in [0.2, 0.25) is 0 Å². The van der Waals surface area contributed by atoms with Crippen molar-refractivity contribution in [2.24, 2.45) is 5.92 Å². The molecule has 1 saturated heterocycles. The summed E-state index contributed by atoms with van der Waals surface area (Å²) in [5, 5.41) is 3.00. The van der Waals surface area contributed by atoms with Gasteiger partial charge in [0.15, 0.2) is 0 Å². The molecule has 4 heteroatoms. The Balaban J connectivity index is 1.98. The lowest BCUT2D eigenvalue weighted by Crippen LogP contribution is -2.25. The maximum atomic E-state index is 11.6. The first-order valence-electron chi connectivity index (χ1n) is 7.09. The van der Waals surface area contributed by atoms with Crippen molar-refractivity contribution in [3.8, 4) is 0 Å². The second-order valence-corrected chi connectivity index (χ2v) is 8.85. The smallest absolute Gasteiger partial charge is 0.219 e. The third kappa shape index (κ3) is 6.93. The van der Waals surface area contributed by atoms with Crippen molar-refractivity contribution in [1.29, 1.82) is 0 Å². The van der Waals surface area contributed by atoms with Crippen molar-refractivity contribution in [3.63, 3.8) is 0 Å². The van der Waals surface area contributed by atoms with Gasteiger partial charge < -0.3 is 5.32 Å². The molecule has 0 radical (unpaired) electrons. The lowest BCUT2D eigenvalue weighted by Gasteiger charge is -2.20. The highest BCUT2D eigenvalue weighted by atomic mass is 33.1. The van der Waals surface area contributed by atoms with E-state index >= 15 is 0 Å². The van der Waals surface area contributed by atoms with Crippen molar-refractivity contribution in [2.45, 2.75) is 64.0 Å². The van der Waals surface area contributed by atoms with Gasteiger partial charge in [-0.05, 0) is 38.5 Å². The summed E-state index contributed by atoms with van der Waals surface area (Å²) >= 11 is 0. The molecule has 0 aromatic carbocycles. The maximum Gasteiger partial charge on any atom is 0.219 e. The molecule has 0 aromatic heterocycles. The van der Waals surface area contributed by atoms with E-state index in [1.807, 2.05) is 21.6 Å². The maximum absolute atomic E-state index is 11.6. The molecule has 0 aliphatic carbocycles. The summed E-state index contributed by atoms with van der Waals surface area (Å²) in [7, 11) is 4.03. The topological polar surface area (TPSA) is 29.1 Å². The number of nitrogens with one attached hydrogen (secondary N) is 1. The summed E-state index contributed by atoms with van der Waals surface area (Å²) in [4.78, 5) is 11.6. The summed E-state index contributed by atoms with van der Waals surface area (Å²) in [6, 6.07) is 0. The molecule has 1 aliphatic rings. The zero-order valence-electron chi connectivity index (χ0n) is 12.0. The van der Waals surface area contributed by atoms with Crippen LogP contribution in [-0.2, 0) is 4.79 Å². The number of rotatable bonds is 8. The van der Waals surface area contributed by atoms with Gasteiger partial charge >= 0.3 is 0 Å². The highest BCUT2D eigenvalue weighted by Crippen LogP contribution is 2.49. The van der Waals surface area contributed by atoms with E-state index in [0.717, 1.165) is 19.4 Å². The Morgan fingerprint density at radius 1 is 1.39 bits per heavy atom. The molecule has 1 heterocycles. The van der Waals surface area contributed by atoms with Crippen LogP contribution in [0.5, 0.6) is 0 Å². The molecule has 1 aliphatic heterocycles. The molecule has 106 valence electrons. The van der Waals surface area contributed by atoms with Gasteiger partial charge in [0.05, 0.1) is 0 Å². The van der Waals surface area contributed by atoms with E-state index in [9.17, 15) is 4.79 Å². The van der Waals surface area contributed by atoms with Crippen molar-refractivity contribution in [1.82, 2.24) is 5.32 Å². The van der Waals surface area contributed by atoms with Crippen LogP contribution in [0, 0.1) is 5.92 Å². The van der Waals surface area contributed by atoms with Gasteiger partial charge in [0.2, 0.25) is 5.91 Å². The lowest BCUT2D eigenvalue weighted by molar-refractivity contribution is -0.121. The van der Waals surface area contributed by atoms with Crippen LogP contribution in [0.25, 0.3) is 0 Å². The second-order valence-electron chi connectivity index (χ2n) is 5.84. The monoisotopic (exact) mass is 289 g/mol. The molecule has 0 saturated carbocycles. The first-order valence-corrected chi connectivity index (χ1v) is 9.41. The summed E-state index contributed by atoms with van der Waals surface area (Å²) in [6.07, 6.45) is 6.58. The van der Waals surface area contributed by atoms with E-state index in [0.29, 0.717) is 17.1 Å². The number of hydrogen-bond acceptors (Lipinski definition) is 3. The molecule has 0 unspecified atom stereocenters. The third-order valence-electron chi connectivity index (χ3n) is 3.38. The van der Waals surface area contributed by atoms with Gasteiger partial charge in [-0.3, -0.25) is 4.79 Å². The van der Waals surface area contributed by atoms with Crippen molar-refractivity contribution >= 4 is 27.5 Å². The fourth-order valence-electron chi connectivity index (χ4n) is 2.02. The van der Waals surface area contributed by atoms with Gasteiger partial charge in [-0.1, -0.05) is 41.9 Å². The fourth-order valence-corrected chi connectivity index (χ4v) is 5.32. The minimum atomic E-state index is 0.231. The Morgan fingerprint density at radius 2 is 2.17 bits per heavy atom. The summed E-state index contributed by atoms with van der Waals surface area (Å²) in [5.41, 5.74) is 0. The minimum absolute atomic E-state index is 0.231. The predicted octanol–water partition coefficient (Wildman–Crippen LogP) is 4.25. The van der Waals surface area contributed by atoms with Crippen LogP contribution in [0.1, 0.15) is 59.3 Å². The number of carbonyl (C=O) groups is 1. The average molecular weight is 290 g/mol. The quantitative estimate of drug-likeness (QED) is 0.535. The van der Waals surface area contributed by atoms with E-state index in [2.05, 4.69) is 26.1 Å². The van der Waals surface area contributed by atoms with Gasteiger partial charge in [0.25, 0.3) is 0 Å². The van der Waals surface area contributed by atoms with Gasteiger partial charge in [-0.25, -0.2) is 0 Å². The number of amides is 1. The zero-order valence-corrected chi connectivity index (χ0v) is 13.6. The first kappa shape index (κ1) is 16.2. The molecule has 0 bridgehead atoms. The van der Waals surface area contributed by atoms with Crippen LogP contribution in [0.3, 0.4) is 0 Å². The van der Waals surface area contributed by atoms with Crippen LogP contribution in [0.15, 0.2) is 0 Å². The molecule has 2 nitrogen and oxygen atoms in total. The average Bonchev–Trinajstić information content (AvgIpc) is 2.72. The molecular formula is C14H27NOS2. The highest BCUT2D eigenvalue weighted by Gasteiger charge is 2.29. The molecule has 1 amide bonds. The Hall–Kier alpha value is 0.170. The number of hydrogen-bond donors (Lipinski definition) is 1. The number of carbonyl (C=O) groups excluding carboxylic acids is 1. The molecule has 1 atom stereocenters. The van der Waals surface area contributed by atoms with Gasteiger partial charge in [-0.2, -0.15) is 0 Å². The molecule has 0 aromatic rings. The Labute approximate surface area is 120 Å². The Morgan fingerprint density at radius 3 is 2.78 bits per heavy atom. The predicted molar refractivity (Wildman–Crippen MR) is 84.0 cm³/mol. The van der Waals surface area contributed by atoms with Gasteiger partial charge in [0.1, 0.15) is 0 Å². The van der Waals surface area contributed by atoms with Crippen molar-refractivity contribution in [3.05, 3.63) is 0 Å². The Kier molecular flexibility index (Phi) is 7.54. The minimum Gasteiger partial charge on any atom is -0.356 e. The summed E-state index contributed by atoms with van der Waals surface area (Å²) in [6.45, 7) is 7.56. The SMILES string of the molecule is CC(C)CCNC(=O)CCCC[C@]1(C)CCSS1. The summed E-state index contributed by atoms with van der Waals surface area (Å²) < 4.78 is 0.471. The largest absolute Gasteiger partial charge is 0.356 e. The first-order chi connectivity index (χ1) is 8.52. The molecule has 1 N–H and O–H groups in total. The molecule has 1 rings (SSSR count). The van der Waals surface area contributed by atoms with E-state index in [1.54, 1.807) is 0 Å². The van der Waals surface area contributed by atoms with Gasteiger partial charge in [0, 0.05) is 23.5 Å². The fraction of sp³-hybridized carbons (Fsp3) is 0.929. The van der Waals surface area contributed by atoms with E-state index in [1.165, 1.54) is 25.0 Å². The van der Waals surface area contributed by atoms with Crippen LogP contribution in [-0.4, -0.2) is 23.0 Å². The van der Waals surface area contributed by atoms with E-state index in [4.69, 9.17) is 0 Å². The summed E-state index contributed by atoms with van der Waals surface area (Å²) in [5.74, 6) is 2.19. The molecule has 1 fully saturated rings. The van der Waals surface area contributed by atoms with Crippen LogP contribution in [0.4, 0.5) is 0 Å².